The number of alkyl halides is 5. The Labute approximate surface area is 136 Å². The summed E-state index contributed by atoms with van der Waals surface area (Å²) in [6, 6.07) is 6.01. The third kappa shape index (κ3) is 3.56. The van der Waals surface area contributed by atoms with Crippen LogP contribution in [0, 0.1) is 0 Å². The molecule has 12 heteroatoms. The number of rotatable bonds is 4. The molecule has 2 N–H and O–H groups in total. The maximum Gasteiger partial charge on any atom is 0.471 e. The zero-order chi connectivity index (χ0) is 18.2. The molecule has 0 radical (unpaired) electrons. The number of hydrogen-bond acceptors (Lipinski definition) is 6. The highest BCUT2D eigenvalue weighted by molar-refractivity contribution is 5.54. The number of aromatic nitrogens is 5. The fourth-order valence-corrected chi connectivity index (χ4v) is 1.97. The lowest BCUT2D eigenvalue weighted by Crippen LogP contribution is -2.06. The summed E-state index contributed by atoms with van der Waals surface area (Å²) < 4.78 is 67.6. The van der Waals surface area contributed by atoms with E-state index in [-0.39, 0.29) is 18.3 Å². The van der Waals surface area contributed by atoms with Crippen LogP contribution in [0.1, 0.15) is 23.7 Å². The quantitative estimate of drug-likeness (QED) is 0.719. The first kappa shape index (κ1) is 16.8. The van der Waals surface area contributed by atoms with E-state index in [1.807, 2.05) is 0 Å². The van der Waals surface area contributed by atoms with Crippen LogP contribution in [0.3, 0.4) is 0 Å². The molecule has 2 aromatic heterocycles. The Bertz CT molecular complexity index is 870. The molecule has 0 unspecified atom stereocenters. The molecule has 0 atom stereocenters. The van der Waals surface area contributed by atoms with Gasteiger partial charge in [-0.1, -0.05) is 29.4 Å². The molecule has 1 aromatic carbocycles. The van der Waals surface area contributed by atoms with Gasteiger partial charge in [0.2, 0.25) is 17.6 Å². The molecule has 0 fully saturated rings. The van der Waals surface area contributed by atoms with Crippen LogP contribution in [-0.4, -0.2) is 24.9 Å². The first-order chi connectivity index (χ1) is 11.7. The topological polar surface area (TPSA) is 95.7 Å². The van der Waals surface area contributed by atoms with Gasteiger partial charge in [0.1, 0.15) is 0 Å². The molecule has 3 rings (SSSR count). The Balaban J connectivity index is 1.77. The molecule has 0 aliphatic carbocycles. The smallest absolute Gasteiger partial charge is 0.368 e. The van der Waals surface area contributed by atoms with Crippen molar-refractivity contribution in [2.24, 2.45) is 0 Å². The van der Waals surface area contributed by atoms with Crippen molar-refractivity contribution < 1.29 is 26.5 Å². The molecular weight excluding hydrogens is 351 g/mol. The van der Waals surface area contributed by atoms with Crippen LogP contribution in [0.25, 0.3) is 11.4 Å². The largest absolute Gasteiger partial charge is 0.471 e. The summed E-state index contributed by atoms with van der Waals surface area (Å²) >= 11 is 0. The van der Waals surface area contributed by atoms with Gasteiger partial charge in [0, 0.05) is 5.56 Å². The summed E-state index contributed by atoms with van der Waals surface area (Å²) in [6.45, 7) is 0.0614. The van der Waals surface area contributed by atoms with E-state index in [2.05, 4.69) is 24.7 Å². The van der Waals surface area contributed by atoms with Gasteiger partial charge in [0.05, 0.1) is 6.54 Å². The monoisotopic (exact) mass is 360 g/mol. The van der Waals surface area contributed by atoms with Gasteiger partial charge in [-0.05, 0) is 5.56 Å². The Morgan fingerprint density at radius 2 is 1.80 bits per heavy atom. The molecule has 25 heavy (non-hydrogen) atoms. The zero-order valence-corrected chi connectivity index (χ0v) is 12.2. The van der Waals surface area contributed by atoms with Crippen molar-refractivity contribution in [1.82, 2.24) is 24.9 Å². The average molecular weight is 360 g/mol. The standard InChI is InChI=1S/C13H9F5N6O/c14-8(15)10-21-12(19)24(22-10)5-6-1-3-7(4-2-6)9-20-11(25-23-9)13(16,17)18/h1-4,8H,5H2,(H2,19,21,22). The highest BCUT2D eigenvalue weighted by Crippen LogP contribution is 2.29. The lowest BCUT2D eigenvalue weighted by atomic mass is 10.1. The van der Waals surface area contributed by atoms with E-state index >= 15 is 0 Å². The van der Waals surface area contributed by atoms with E-state index in [4.69, 9.17) is 5.73 Å². The number of nitrogens with zero attached hydrogens (tertiary/aromatic N) is 5. The van der Waals surface area contributed by atoms with Crippen molar-refractivity contribution in [3.8, 4) is 11.4 Å². The number of benzene rings is 1. The van der Waals surface area contributed by atoms with Crippen molar-refractivity contribution in [3.63, 3.8) is 0 Å². The second kappa shape index (κ2) is 6.11. The zero-order valence-electron chi connectivity index (χ0n) is 12.2. The molecule has 132 valence electrons. The minimum Gasteiger partial charge on any atom is -0.368 e. The first-order valence-electron chi connectivity index (χ1n) is 6.72. The Morgan fingerprint density at radius 1 is 1.12 bits per heavy atom. The fraction of sp³-hybridized carbons (Fsp3) is 0.231. The molecule has 3 aromatic rings. The van der Waals surface area contributed by atoms with E-state index < -0.39 is 24.3 Å². The normalized spacial score (nSPS) is 12.1. The molecule has 0 bridgehead atoms. The van der Waals surface area contributed by atoms with Crippen LogP contribution in [0.2, 0.25) is 0 Å². The summed E-state index contributed by atoms with van der Waals surface area (Å²) in [5.41, 5.74) is 6.41. The van der Waals surface area contributed by atoms with Gasteiger partial charge in [-0.25, -0.2) is 13.5 Å². The fourth-order valence-electron chi connectivity index (χ4n) is 1.97. The van der Waals surface area contributed by atoms with Crippen molar-refractivity contribution in [2.75, 3.05) is 5.73 Å². The van der Waals surface area contributed by atoms with Crippen LogP contribution in [0.5, 0.6) is 0 Å². The molecule has 2 heterocycles. The second-order valence-corrected chi connectivity index (χ2v) is 4.90. The highest BCUT2D eigenvalue weighted by Gasteiger charge is 2.38. The van der Waals surface area contributed by atoms with Crippen molar-refractivity contribution in [1.29, 1.82) is 0 Å². The minimum atomic E-state index is -4.72. The van der Waals surface area contributed by atoms with Crippen LogP contribution < -0.4 is 5.73 Å². The van der Waals surface area contributed by atoms with Gasteiger partial charge in [-0.2, -0.15) is 23.1 Å². The number of nitrogens with two attached hydrogens (primary N) is 1. The van der Waals surface area contributed by atoms with Crippen molar-refractivity contribution in [3.05, 3.63) is 41.5 Å². The van der Waals surface area contributed by atoms with E-state index in [0.29, 0.717) is 11.1 Å². The summed E-state index contributed by atoms with van der Waals surface area (Å²) in [6.07, 6.45) is -7.56. The van der Waals surface area contributed by atoms with Crippen LogP contribution in [0.4, 0.5) is 27.9 Å². The molecule has 0 amide bonds. The third-order valence-electron chi connectivity index (χ3n) is 3.12. The number of nitrogen functional groups attached to an aromatic ring is 1. The molecule has 0 spiro atoms. The lowest BCUT2D eigenvalue weighted by Gasteiger charge is -2.03. The van der Waals surface area contributed by atoms with Gasteiger partial charge in [-0.15, -0.1) is 5.10 Å². The summed E-state index contributed by atoms with van der Waals surface area (Å²) in [4.78, 5) is 6.71. The number of hydrogen-bond donors (Lipinski definition) is 1. The maximum absolute atomic E-state index is 12.5. The Kier molecular flexibility index (Phi) is 4.10. The van der Waals surface area contributed by atoms with Crippen molar-refractivity contribution >= 4 is 5.95 Å². The molecular formula is C13H9F5N6O. The molecule has 0 saturated heterocycles. The van der Waals surface area contributed by atoms with Gasteiger partial charge in [-0.3, -0.25) is 0 Å². The summed E-state index contributed by atoms with van der Waals surface area (Å²) in [7, 11) is 0. The molecule has 7 nitrogen and oxygen atoms in total. The summed E-state index contributed by atoms with van der Waals surface area (Å²) in [5, 5.41) is 6.85. The number of anilines is 1. The Morgan fingerprint density at radius 3 is 2.32 bits per heavy atom. The lowest BCUT2D eigenvalue weighted by molar-refractivity contribution is -0.159. The van der Waals surface area contributed by atoms with E-state index in [1.54, 1.807) is 12.1 Å². The predicted octanol–water partition coefficient (Wildman–Crippen LogP) is 2.92. The maximum atomic E-state index is 12.5. The number of halogens is 5. The molecule has 0 aliphatic heterocycles. The second-order valence-electron chi connectivity index (χ2n) is 4.90. The summed E-state index contributed by atoms with van der Waals surface area (Å²) in [5.74, 6) is -2.52. The molecule has 0 saturated carbocycles. The predicted molar refractivity (Wildman–Crippen MR) is 73.2 cm³/mol. The van der Waals surface area contributed by atoms with Crippen LogP contribution in [-0.2, 0) is 12.7 Å². The minimum absolute atomic E-state index is 0.0614. The third-order valence-corrected chi connectivity index (χ3v) is 3.12. The van der Waals surface area contributed by atoms with Crippen LogP contribution >= 0.6 is 0 Å². The van der Waals surface area contributed by atoms with E-state index in [1.165, 1.54) is 12.1 Å². The SMILES string of the molecule is Nc1nc(C(F)F)nn1Cc1ccc(-c2noc(C(F)(F)F)n2)cc1. The average Bonchev–Trinajstić information content (AvgIpc) is 3.16. The van der Waals surface area contributed by atoms with E-state index in [9.17, 15) is 22.0 Å². The van der Waals surface area contributed by atoms with Gasteiger partial charge < -0.3 is 10.3 Å². The van der Waals surface area contributed by atoms with Crippen molar-refractivity contribution in [2.45, 2.75) is 19.1 Å². The Hall–Kier alpha value is -3.05. The first-order valence-corrected chi connectivity index (χ1v) is 6.72. The van der Waals surface area contributed by atoms with Gasteiger partial charge >= 0.3 is 12.1 Å². The van der Waals surface area contributed by atoms with Crippen LogP contribution in [0.15, 0.2) is 28.8 Å². The van der Waals surface area contributed by atoms with Gasteiger partial charge in [0.15, 0.2) is 0 Å². The van der Waals surface area contributed by atoms with E-state index in [0.717, 1.165) is 4.68 Å². The molecule has 0 aliphatic rings. The van der Waals surface area contributed by atoms with Gasteiger partial charge in [0.25, 0.3) is 6.43 Å². The highest BCUT2D eigenvalue weighted by atomic mass is 19.4.